The summed E-state index contributed by atoms with van der Waals surface area (Å²) in [6.45, 7) is 4.26. The van der Waals surface area contributed by atoms with Gasteiger partial charge in [-0.05, 0) is 26.7 Å². The van der Waals surface area contributed by atoms with Crippen LogP contribution in [0.1, 0.15) is 38.3 Å². The summed E-state index contributed by atoms with van der Waals surface area (Å²) in [5.41, 5.74) is 2.32. The molecule has 0 unspecified atom stereocenters. The van der Waals surface area contributed by atoms with Crippen LogP contribution in [0.25, 0.3) is 10.6 Å². The topological polar surface area (TPSA) is 41.1 Å². The highest BCUT2D eigenvalue weighted by Crippen LogP contribution is 2.47. The van der Waals surface area contributed by atoms with E-state index in [1.165, 1.54) is 23.4 Å². The molecule has 108 valence electrons. The third-order valence-electron chi connectivity index (χ3n) is 3.14. The predicted molar refractivity (Wildman–Crippen MR) is 88.3 cm³/mol. The summed E-state index contributed by atoms with van der Waals surface area (Å²) in [4.78, 5) is 12.9. The number of rotatable bonds is 5. The molecule has 0 aliphatic heterocycles. The lowest BCUT2D eigenvalue weighted by Crippen LogP contribution is -2.08. The highest BCUT2D eigenvalue weighted by molar-refractivity contribution is 7.19. The van der Waals surface area contributed by atoms with E-state index in [1.807, 2.05) is 14.1 Å². The van der Waals surface area contributed by atoms with E-state index in [9.17, 15) is 0 Å². The van der Waals surface area contributed by atoms with Gasteiger partial charge in [-0.1, -0.05) is 11.3 Å². The Labute approximate surface area is 127 Å². The average Bonchev–Trinajstić information content (AvgIpc) is 2.95. The molecule has 2 heterocycles. The minimum absolute atomic E-state index is 0.413. The first kappa shape index (κ1) is 13.8. The van der Waals surface area contributed by atoms with Crippen LogP contribution in [0.15, 0.2) is 5.38 Å². The molecule has 1 N–H and O–H groups in total. The minimum Gasteiger partial charge on any atom is -0.359 e. The molecule has 0 atom stereocenters. The minimum atomic E-state index is 0.413. The molecule has 1 aliphatic rings. The quantitative estimate of drug-likeness (QED) is 0.905. The molecule has 3 rings (SSSR count). The summed E-state index contributed by atoms with van der Waals surface area (Å²) in [5.74, 6) is 0.651. The Morgan fingerprint density at radius 1 is 1.30 bits per heavy atom. The standard InChI is InChI=1S/C14H20N4S2/c1-8(2)15-13-16-10(7-19-13)12-11(9-5-6-9)17-14(20-12)18(3)4/h7-9H,5-6H2,1-4H3,(H,15,16). The van der Waals surface area contributed by atoms with Crippen molar-refractivity contribution in [1.29, 1.82) is 0 Å². The fourth-order valence-corrected chi connectivity index (χ4v) is 3.98. The number of hydrogen-bond acceptors (Lipinski definition) is 6. The zero-order valence-corrected chi connectivity index (χ0v) is 13.9. The summed E-state index contributed by atoms with van der Waals surface area (Å²) in [7, 11) is 4.10. The van der Waals surface area contributed by atoms with Gasteiger partial charge in [0.25, 0.3) is 0 Å². The van der Waals surface area contributed by atoms with Crippen molar-refractivity contribution in [2.75, 3.05) is 24.3 Å². The van der Waals surface area contributed by atoms with Crippen LogP contribution >= 0.6 is 22.7 Å². The lowest BCUT2D eigenvalue weighted by Gasteiger charge is -2.05. The lowest BCUT2D eigenvalue weighted by molar-refractivity contribution is 0.896. The number of anilines is 2. The third-order valence-corrected chi connectivity index (χ3v) is 5.17. The Balaban J connectivity index is 1.93. The molecule has 1 saturated carbocycles. The van der Waals surface area contributed by atoms with Gasteiger partial charge in [0.05, 0.1) is 16.3 Å². The molecule has 0 saturated heterocycles. The zero-order chi connectivity index (χ0) is 14.3. The maximum atomic E-state index is 4.81. The van der Waals surface area contributed by atoms with Crippen LogP contribution in [0.5, 0.6) is 0 Å². The average molecular weight is 308 g/mol. The molecule has 2 aromatic rings. The molecular weight excluding hydrogens is 288 g/mol. The second-order valence-corrected chi connectivity index (χ2v) is 7.55. The van der Waals surface area contributed by atoms with Gasteiger partial charge >= 0.3 is 0 Å². The highest BCUT2D eigenvalue weighted by atomic mass is 32.1. The van der Waals surface area contributed by atoms with Gasteiger partial charge in [-0.15, -0.1) is 11.3 Å². The molecule has 20 heavy (non-hydrogen) atoms. The summed E-state index contributed by atoms with van der Waals surface area (Å²) >= 11 is 3.43. The number of aromatic nitrogens is 2. The molecule has 6 heteroatoms. The fraction of sp³-hybridized carbons (Fsp3) is 0.571. The highest BCUT2D eigenvalue weighted by Gasteiger charge is 2.31. The maximum absolute atomic E-state index is 4.81. The molecular formula is C14H20N4S2. The first-order valence-corrected chi connectivity index (χ1v) is 8.64. The SMILES string of the molecule is CC(C)Nc1nc(-c2sc(N(C)C)nc2C2CC2)cs1. The van der Waals surface area contributed by atoms with Crippen LogP contribution in [-0.2, 0) is 0 Å². The van der Waals surface area contributed by atoms with Gasteiger partial charge in [0.15, 0.2) is 10.3 Å². The van der Waals surface area contributed by atoms with Gasteiger partial charge in [-0.25, -0.2) is 9.97 Å². The van der Waals surface area contributed by atoms with E-state index >= 15 is 0 Å². The van der Waals surface area contributed by atoms with E-state index in [-0.39, 0.29) is 0 Å². The van der Waals surface area contributed by atoms with Crippen molar-refractivity contribution in [3.05, 3.63) is 11.1 Å². The van der Waals surface area contributed by atoms with Crippen LogP contribution in [0.4, 0.5) is 10.3 Å². The summed E-state index contributed by atoms with van der Waals surface area (Å²) in [5, 5.41) is 7.59. The fourth-order valence-electron chi connectivity index (χ4n) is 2.02. The molecule has 1 fully saturated rings. The first-order valence-electron chi connectivity index (χ1n) is 6.95. The predicted octanol–water partition coefficient (Wildman–Crippen LogP) is 4.03. The summed E-state index contributed by atoms with van der Waals surface area (Å²) in [6.07, 6.45) is 2.54. The molecule has 0 radical (unpaired) electrons. The van der Waals surface area contributed by atoms with Crippen molar-refractivity contribution in [3.8, 4) is 10.6 Å². The summed E-state index contributed by atoms with van der Waals surface area (Å²) in [6, 6.07) is 0.413. The summed E-state index contributed by atoms with van der Waals surface area (Å²) < 4.78 is 0. The van der Waals surface area contributed by atoms with Crippen molar-refractivity contribution >= 4 is 32.9 Å². The van der Waals surface area contributed by atoms with E-state index in [2.05, 4.69) is 29.4 Å². The van der Waals surface area contributed by atoms with Gasteiger partial charge < -0.3 is 10.2 Å². The number of hydrogen-bond donors (Lipinski definition) is 1. The Kier molecular flexibility index (Phi) is 3.69. The largest absolute Gasteiger partial charge is 0.359 e. The Morgan fingerprint density at radius 2 is 2.05 bits per heavy atom. The van der Waals surface area contributed by atoms with Gasteiger partial charge in [0, 0.05) is 31.4 Å². The molecule has 4 nitrogen and oxygen atoms in total. The van der Waals surface area contributed by atoms with Gasteiger partial charge in [0.1, 0.15) is 0 Å². The van der Waals surface area contributed by atoms with Crippen LogP contribution in [-0.4, -0.2) is 30.1 Å². The van der Waals surface area contributed by atoms with Gasteiger partial charge in [-0.3, -0.25) is 0 Å². The van der Waals surface area contributed by atoms with E-state index < -0.39 is 0 Å². The van der Waals surface area contributed by atoms with Crippen molar-refractivity contribution in [2.24, 2.45) is 0 Å². The van der Waals surface area contributed by atoms with Crippen LogP contribution in [0.2, 0.25) is 0 Å². The monoisotopic (exact) mass is 308 g/mol. The normalized spacial score (nSPS) is 14.8. The Bertz CT molecular complexity index is 596. The van der Waals surface area contributed by atoms with E-state index in [0.717, 1.165) is 16.0 Å². The van der Waals surface area contributed by atoms with Crippen molar-refractivity contribution in [3.63, 3.8) is 0 Å². The molecule has 0 amide bonds. The number of nitrogens with zero attached hydrogens (tertiary/aromatic N) is 3. The third kappa shape index (κ3) is 2.81. The second-order valence-electron chi connectivity index (χ2n) is 5.72. The second kappa shape index (κ2) is 5.33. The zero-order valence-electron chi connectivity index (χ0n) is 12.3. The van der Waals surface area contributed by atoms with Gasteiger partial charge in [-0.2, -0.15) is 0 Å². The molecule has 0 aromatic carbocycles. The van der Waals surface area contributed by atoms with Crippen LogP contribution in [0, 0.1) is 0 Å². The first-order chi connectivity index (χ1) is 9.54. The van der Waals surface area contributed by atoms with E-state index in [0.29, 0.717) is 12.0 Å². The van der Waals surface area contributed by atoms with Crippen LogP contribution < -0.4 is 10.2 Å². The molecule has 0 spiro atoms. The lowest BCUT2D eigenvalue weighted by atomic mass is 10.2. The Morgan fingerprint density at radius 3 is 2.65 bits per heavy atom. The molecule has 1 aliphatic carbocycles. The molecule has 2 aromatic heterocycles. The van der Waals surface area contributed by atoms with Crippen molar-refractivity contribution in [2.45, 2.75) is 38.6 Å². The number of thiazole rings is 2. The molecule has 0 bridgehead atoms. The van der Waals surface area contributed by atoms with Gasteiger partial charge in [0.2, 0.25) is 0 Å². The maximum Gasteiger partial charge on any atom is 0.185 e. The smallest absolute Gasteiger partial charge is 0.185 e. The van der Waals surface area contributed by atoms with Crippen molar-refractivity contribution in [1.82, 2.24) is 9.97 Å². The van der Waals surface area contributed by atoms with E-state index in [1.54, 1.807) is 22.7 Å². The van der Waals surface area contributed by atoms with Crippen molar-refractivity contribution < 1.29 is 0 Å². The van der Waals surface area contributed by atoms with E-state index in [4.69, 9.17) is 9.97 Å². The van der Waals surface area contributed by atoms with Crippen LogP contribution in [0.3, 0.4) is 0 Å². The number of nitrogens with one attached hydrogen (secondary N) is 1. The Hall–Kier alpha value is -1.14.